The molecule has 0 spiro atoms. The Labute approximate surface area is 168 Å². The summed E-state index contributed by atoms with van der Waals surface area (Å²) < 4.78 is 7.14. The van der Waals surface area contributed by atoms with E-state index in [9.17, 15) is 10.2 Å². The molecule has 0 aliphatic carbocycles. The van der Waals surface area contributed by atoms with Crippen LogP contribution in [0.2, 0.25) is 0 Å². The van der Waals surface area contributed by atoms with E-state index in [0.717, 1.165) is 22.4 Å². The number of nitrogens with zero attached hydrogens (tertiary/aromatic N) is 3. The highest BCUT2D eigenvalue weighted by Gasteiger charge is 2.20. The fourth-order valence-electron chi connectivity index (χ4n) is 3.56. The third kappa shape index (κ3) is 3.60. The van der Waals surface area contributed by atoms with E-state index in [1.807, 2.05) is 41.1 Å². The molecule has 0 aliphatic rings. The minimum atomic E-state index is -0.244. The lowest BCUT2D eigenvalue weighted by atomic mass is 10.1. The largest absolute Gasteiger partial charge is 0.508 e. The average Bonchev–Trinajstić information content (AvgIpc) is 3.13. The lowest BCUT2D eigenvalue weighted by Gasteiger charge is -2.17. The molecule has 2 heterocycles. The molecule has 2 aromatic heterocycles. The topological polar surface area (TPSA) is 106 Å². The summed E-state index contributed by atoms with van der Waals surface area (Å²) in [5.41, 5.74) is 9.48. The zero-order valence-electron chi connectivity index (χ0n) is 16.0. The number of ether oxygens (including phenoxy) is 1. The Morgan fingerprint density at radius 1 is 1.14 bits per heavy atom. The minimum absolute atomic E-state index is 0.0702. The van der Waals surface area contributed by atoms with Gasteiger partial charge in [0.1, 0.15) is 29.3 Å². The second kappa shape index (κ2) is 7.81. The second-order valence-corrected chi connectivity index (χ2v) is 6.85. The molecule has 0 amide bonds. The van der Waals surface area contributed by atoms with Gasteiger partial charge in [0.05, 0.1) is 25.1 Å². The molecule has 7 nitrogen and oxygen atoms in total. The van der Waals surface area contributed by atoms with Crippen molar-refractivity contribution < 1.29 is 14.9 Å². The molecule has 0 aliphatic heterocycles. The Bertz CT molecular complexity index is 1140. The van der Waals surface area contributed by atoms with E-state index in [1.54, 1.807) is 25.3 Å². The van der Waals surface area contributed by atoms with Crippen molar-refractivity contribution in [3.05, 3.63) is 66.6 Å². The predicted octanol–water partition coefficient (Wildman–Crippen LogP) is 3.17. The molecule has 0 saturated carbocycles. The Kier molecular flexibility index (Phi) is 5.05. The van der Waals surface area contributed by atoms with Gasteiger partial charge in [-0.1, -0.05) is 24.3 Å². The Hall–Kier alpha value is -3.58. The van der Waals surface area contributed by atoms with Gasteiger partial charge in [-0.2, -0.15) is 0 Å². The average molecular weight is 390 g/mol. The smallest absolute Gasteiger partial charge is 0.146 e. The molecular formula is C22H22N4O3. The van der Waals surface area contributed by atoms with Gasteiger partial charge in [-0.3, -0.25) is 0 Å². The summed E-state index contributed by atoms with van der Waals surface area (Å²) in [6.45, 7) is -0.0702. The quantitative estimate of drug-likeness (QED) is 0.467. The molecule has 0 fully saturated rings. The zero-order valence-corrected chi connectivity index (χ0v) is 16.0. The van der Waals surface area contributed by atoms with Crippen LogP contribution in [-0.2, 0) is 6.42 Å². The van der Waals surface area contributed by atoms with Crippen LogP contribution in [0.25, 0.3) is 22.2 Å². The molecule has 4 rings (SSSR count). The van der Waals surface area contributed by atoms with E-state index in [4.69, 9.17) is 10.5 Å². The van der Waals surface area contributed by atoms with Crippen LogP contribution in [0.4, 0.5) is 5.82 Å². The number of aliphatic hydroxyl groups excluding tert-OH is 1. The fourth-order valence-corrected chi connectivity index (χ4v) is 3.56. The summed E-state index contributed by atoms with van der Waals surface area (Å²) in [4.78, 5) is 8.56. The van der Waals surface area contributed by atoms with Gasteiger partial charge >= 0.3 is 0 Å². The molecule has 0 bridgehead atoms. The van der Waals surface area contributed by atoms with Crippen molar-refractivity contribution in [1.82, 2.24) is 14.5 Å². The summed E-state index contributed by atoms with van der Waals surface area (Å²) in [5.74, 6) is 1.30. The first-order chi connectivity index (χ1) is 14.1. The first-order valence-electron chi connectivity index (χ1n) is 9.25. The number of rotatable bonds is 6. The number of nitrogen functional groups attached to an aromatic ring is 1. The number of benzene rings is 2. The Balaban J connectivity index is 1.80. The van der Waals surface area contributed by atoms with Crippen LogP contribution in [0.15, 0.2) is 61.1 Å². The lowest BCUT2D eigenvalue weighted by Crippen LogP contribution is -2.16. The second-order valence-electron chi connectivity index (χ2n) is 6.85. The van der Waals surface area contributed by atoms with Gasteiger partial charge in [-0.25, -0.2) is 9.97 Å². The van der Waals surface area contributed by atoms with Gasteiger partial charge in [0.15, 0.2) is 0 Å². The first-order valence-corrected chi connectivity index (χ1v) is 9.25. The molecule has 0 radical (unpaired) electrons. The van der Waals surface area contributed by atoms with Crippen molar-refractivity contribution in [1.29, 1.82) is 0 Å². The molecule has 2 aromatic carbocycles. The summed E-state index contributed by atoms with van der Waals surface area (Å²) in [7, 11) is 1.63. The van der Waals surface area contributed by atoms with Gasteiger partial charge in [0.25, 0.3) is 0 Å². The molecule has 4 N–H and O–H groups in total. The number of methoxy groups -OCH3 is 1. The van der Waals surface area contributed by atoms with Crippen molar-refractivity contribution in [3.63, 3.8) is 0 Å². The van der Waals surface area contributed by atoms with E-state index in [1.165, 1.54) is 6.33 Å². The number of hydrogen-bond donors (Lipinski definition) is 3. The van der Waals surface area contributed by atoms with Gasteiger partial charge in [0.2, 0.25) is 0 Å². The maximum Gasteiger partial charge on any atom is 0.146 e. The molecule has 0 saturated heterocycles. The number of phenols is 1. The SMILES string of the molecule is COc1ccc(C[C@@H](CO)n2cc(-c3cccc(O)c3)c3c(N)ncnc32)cc1. The van der Waals surface area contributed by atoms with Crippen LogP contribution in [0.1, 0.15) is 11.6 Å². The first kappa shape index (κ1) is 18.8. The standard InChI is InChI=1S/C22H22N4O3/c1-29-18-7-5-14(6-8-18)9-16(12-27)26-11-19(15-3-2-4-17(28)10-15)20-21(23)24-13-25-22(20)26/h2-8,10-11,13,16,27-28H,9,12H2,1H3,(H2,23,24,25)/t16-/m0/s1. The maximum absolute atomic E-state index is 10.1. The molecular weight excluding hydrogens is 368 g/mol. The fraction of sp³-hybridized carbons (Fsp3) is 0.182. The number of aromatic nitrogens is 3. The van der Waals surface area contributed by atoms with E-state index < -0.39 is 0 Å². The van der Waals surface area contributed by atoms with E-state index >= 15 is 0 Å². The van der Waals surface area contributed by atoms with Gasteiger partial charge in [0, 0.05) is 11.8 Å². The van der Waals surface area contributed by atoms with Crippen molar-refractivity contribution in [2.24, 2.45) is 0 Å². The minimum Gasteiger partial charge on any atom is -0.508 e. The zero-order chi connectivity index (χ0) is 20.4. The molecule has 4 aromatic rings. The number of anilines is 1. The van der Waals surface area contributed by atoms with E-state index in [0.29, 0.717) is 23.3 Å². The van der Waals surface area contributed by atoms with Crippen molar-refractivity contribution in [3.8, 4) is 22.6 Å². The maximum atomic E-state index is 10.1. The summed E-state index contributed by atoms with van der Waals surface area (Å²) in [6.07, 6.45) is 3.94. The number of fused-ring (bicyclic) bond motifs is 1. The van der Waals surface area contributed by atoms with E-state index in [2.05, 4.69) is 9.97 Å². The number of nitrogens with two attached hydrogens (primary N) is 1. The summed E-state index contributed by atoms with van der Waals surface area (Å²) in [6, 6.07) is 14.5. The molecule has 29 heavy (non-hydrogen) atoms. The predicted molar refractivity (Wildman–Crippen MR) is 112 cm³/mol. The Morgan fingerprint density at radius 3 is 2.62 bits per heavy atom. The van der Waals surface area contributed by atoms with Crippen molar-refractivity contribution in [2.45, 2.75) is 12.5 Å². The monoisotopic (exact) mass is 390 g/mol. The summed E-state index contributed by atoms with van der Waals surface area (Å²) in [5, 5.41) is 20.7. The Morgan fingerprint density at radius 2 is 1.93 bits per heavy atom. The molecule has 7 heteroatoms. The number of aromatic hydroxyl groups is 1. The molecule has 0 unspecified atom stereocenters. The van der Waals surface area contributed by atoms with Crippen LogP contribution in [0.5, 0.6) is 11.5 Å². The highest BCUT2D eigenvalue weighted by Crippen LogP contribution is 2.36. The number of aliphatic hydroxyl groups is 1. The van der Waals surface area contributed by atoms with Crippen molar-refractivity contribution >= 4 is 16.9 Å². The molecule has 1 atom stereocenters. The normalized spacial score (nSPS) is 12.2. The summed E-state index contributed by atoms with van der Waals surface area (Å²) >= 11 is 0. The highest BCUT2D eigenvalue weighted by atomic mass is 16.5. The van der Waals surface area contributed by atoms with Crippen LogP contribution in [0, 0.1) is 0 Å². The third-order valence-corrected chi connectivity index (χ3v) is 5.03. The van der Waals surface area contributed by atoms with Crippen LogP contribution >= 0.6 is 0 Å². The van der Waals surface area contributed by atoms with Gasteiger partial charge < -0.3 is 25.3 Å². The lowest BCUT2D eigenvalue weighted by molar-refractivity contribution is 0.230. The number of phenolic OH excluding ortho intramolecular Hbond substituents is 1. The highest BCUT2D eigenvalue weighted by molar-refractivity contribution is 6.00. The van der Waals surface area contributed by atoms with Crippen LogP contribution < -0.4 is 10.5 Å². The van der Waals surface area contributed by atoms with Crippen molar-refractivity contribution in [2.75, 3.05) is 19.5 Å². The van der Waals surface area contributed by atoms with Crippen LogP contribution in [-0.4, -0.2) is 38.5 Å². The van der Waals surface area contributed by atoms with E-state index in [-0.39, 0.29) is 18.4 Å². The number of hydrogen-bond acceptors (Lipinski definition) is 6. The third-order valence-electron chi connectivity index (χ3n) is 5.03. The van der Waals surface area contributed by atoms with Gasteiger partial charge in [-0.05, 0) is 41.8 Å². The van der Waals surface area contributed by atoms with Crippen LogP contribution in [0.3, 0.4) is 0 Å². The van der Waals surface area contributed by atoms with Gasteiger partial charge in [-0.15, -0.1) is 0 Å². The molecule has 148 valence electrons.